The predicted molar refractivity (Wildman–Crippen MR) is 93.8 cm³/mol. The van der Waals surface area contributed by atoms with Gasteiger partial charge in [0.1, 0.15) is 11.5 Å². The van der Waals surface area contributed by atoms with Crippen molar-refractivity contribution in [2.75, 3.05) is 5.32 Å². The second-order valence-corrected chi connectivity index (χ2v) is 6.81. The minimum absolute atomic E-state index is 0.0246. The first-order chi connectivity index (χ1) is 13.4. The van der Waals surface area contributed by atoms with E-state index < -0.39 is 11.9 Å². The molecule has 1 aliphatic carbocycles. The van der Waals surface area contributed by atoms with Gasteiger partial charge in [-0.2, -0.15) is 13.2 Å². The van der Waals surface area contributed by atoms with Crippen LogP contribution in [0.3, 0.4) is 0 Å². The smallest absolute Gasteiger partial charge is 0.368 e. The number of hydrogen-bond acceptors (Lipinski definition) is 5. The van der Waals surface area contributed by atoms with Gasteiger partial charge in [0.2, 0.25) is 5.76 Å². The molecule has 0 spiro atoms. The molecule has 0 aromatic carbocycles. The number of alkyl halides is 3. The Labute approximate surface area is 157 Å². The van der Waals surface area contributed by atoms with Gasteiger partial charge in [-0.25, -0.2) is 4.98 Å². The van der Waals surface area contributed by atoms with E-state index in [-0.39, 0.29) is 29.4 Å². The van der Waals surface area contributed by atoms with E-state index in [1.165, 1.54) is 22.7 Å². The molecular weight excluding hydrogens is 375 g/mol. The molecule has 1 fully saturated rings. The number of nitrogens with zero attached hydrogens (tertiary/aromatic N) is 3. The summed E-state index contributed by atoms with van der Waals surface area (Å²) in [6.07, 6.45) is 0.994. The molecule has 0 atom stereocenters. The maximum atomic E-state index is 12.9. The summed E-state index contributed by atoms with van der Waals surface area (Å²) in [5.74, 6) is 0.443. The average Bonchev–Trinajstić information content (AvgIpc) is 3.33. The van der Waals surface area contributed by atoms with Gasteiger partial charge in [-0.15, -0.1) is 0 Å². The standard InChI is InChI=1S/C18H18F3N5O2/c19-18(20,21)14-10-26-15(2-1-3-16(26)25-14)23-11-4-6-12(7-5-11)24-17(27)13-8-9-22-28-13/h1-3,8-12,23H,4-7H2,(H,24,27). The molecule has 0 bridgehead atoms. The fraction of sp³-hybridized carbons (Fsp3) is 0.389. The van der Waals surface area contributed by atoms with Crippen LogP contribution in [-0.4, -0.2) is 32.5 Å². The maximum absolute atomic E-state index is 12.9. The first-order valence-electron chi connectivity index (χ1n) is 8.93. The fourth-order valence-corrected chi connectivity index (χ4v) is 3.45. The van der Waals surface area contributed by atoms with Gasteiger partial charge >= 0.3 is 6.18 Å². The molecular formula is C18H18F3N5O2. The lowest BCUT2D eigenvalue weighted by Gasteiger charge is -2.30. The summed E-state index contributed by atoms with van der Waals surface area (Å²) in [6, 6.07) is 6.57. The van der Waals surface area contributed by atoms with Crippen molar-refractivity contribution in [2.24, 2.45) is 0 Å². The van der Waals surface area contributed by atoms with Crippen molar-refractivity contribution in [3.05, 3.63) is 48.1 Å². The SMILES string of the molecule is O=C(NC1CCC(Nc2cccc3nc(C(F)(F)F)cn23)CC1)c1ccno1. The second kappa shape index (κ2) is 7.17. The van der Waals surface area contributed by atoms with Crippen molar-refractivity contribution < 1.29 is 22.5 Å². The number of halogens is 3. The summed E-state index contributed by atoms with van der Waals surface area (Å²) in [6.45, 7) is 0. The van der Waals surface area contributed by atoms with Gasteiger partial charge in [0.15, 0.2) is 5.69 Å². The summed E-state index contributed by atoms with van der Waals surface area (Å²) in [5.41, 5.74) is -0.675. The highest BCUT2D eigenvalue weighted by Crippen LogP contribution is 2.30. The van der Waals surface area contributed by atoms with Crippen molar-refractivity contribution in [1.82, 2.24) is 19.9 Å². The zero-order valence-electron chi connectivity index (χ0n) is 14.7. The largest absolute Gasteiger partial charge is 0.434 e. The van der Waals surface area contributed by atoms with E-state index in [0.29, 0.717) is 5.82 Å². The Morgan fingerprint density at radius 3 is 2.57 bits per heavy atom. The summed E-state index contributed by atoms with van der Waals surface area (Å²) in [5, 5.41) is 9.73. The predicted octanol–water partition coefficient (Wildman–Crippen LogP) is 3.49. The van der Waals surface area contributed by atoms with Crippen LogP contribution < -0.4 is 10.6 Å². The van der Waals surface area contributed by atoms with Crippen LogP contribution in [0.5, 0.6) is 0 Å². The number of amides is 1. The molecule has 28 heavy (non-hydrogen) atoms. The highest BCUT2D eigenvalue weighted by molar-refractivity contribution is 5.91. The average molecular weight is 393 g/mol. The number of fused-ring (bicyclic) bond motifs is 1. The molecule has 4 rings (SSSR count). The lowest BCUT2D eigenvalue weighted by atomic mass is 9.91. The van der Waals surface area contributed by atoms with Crippen LogP contribution in [0.1, 0.15) is 41.9 Å². The highest BCUT2D eigenvalue weighted by Gasteiger charge is 2.34. The normalized spacial score (nSPS) is 20.2. The third-order valence-corrected chi connectivity index (χ3v) is 4.86. The zero-order chi connectivity index (χ0) is 19.7. The van der Waals surface area contributed by atoms with Crippen molar-refractivity contribution in [2.45, 2.75) is 43.9 Å². The number of rotatable bonds is 4. The summed E-state index contributed by atoms with van der Waals surface area (Å²) in [7, 11) is 0. The molecule has 1 aliphatic rings. The molecule has 3 aromatic heterocycles. The van der Waals surface area contributed by atoms with Crippen LogP contribution in [0, 0.1) is 0 Å². The lowest BCUT2D eigenvalue weighted by molar-refractivity contribution is -0.140. The molecule has 0 aliphatic heterocycles. The van der Waals surface area contributed by atoms with Gasteiger partial charge in [-0.1, -0.05) is 11.2 Å². The maximum Gasteiger partial charge on any atom is 0.434 e. The number of carbonyl (C=O) groups excluding carboxylic acids is 1. The molecule has 3 heterocycles. The van der Waals surface area contributed by atoms with Crippen LogP contribution in [0.4, 0.5) is 19.0 Å². The van der Waals surface area contributed by atoms with Crippen LogP contribution in [0.25, 0.3) is 5.65 Å². The first-order valence-corrected chi connectivity index (χ1v) is 8.93. The van der Waals surface area contributed by atoms with Crippen molar-refractivity contribution in [3.8, 4) is 0 Å². The van der Waals surface area contributed by atoms with Crippen molar-refractivity contribution in [3.63, 3.8) is 0 Å². The molecule has 148 valence electrons. The molecule has 7 nitrogen and oxygen atoms in total. The van der Waals surface area contributed by atoms with E-state index in [2.05, 4.69) is 20.8 Å². The van der Waals surface area contributed by atoms with Crippen LogP contribution >= 0.6 is 0 Å². The van der Waals surface area contributed by atoms with Crippen LogP contribution in [-0.2, 0) is 6.18 Å². The number of pyridine rings is 1. The van der Waals surface area contributed by atoms with E-state index in [9.17, 15) is 18.0 Å². The Balaban J connectivity index is 1.38. The number of carbonyl (C=O) groups is 1. The molecule has 0 radical (unpaired) electrons. The Morgan fingerprint density at radius 2 is 1.89 bits per heavy atom. The Kier molecular flexibility index (Phi) is 4.70. The third-order valence-electron chi connectivity index (χ3n) is 4.86. The van der Waals surface area contributed by atoms with Crippen molar-refractivity contribution >= 4 is 17.4 Å². The monoisotopic (exact) mass is 393 g/mol. The van der Waals surface area contributed by atoms with Gasteiger partial charge in [0.25, 0.3) is 5.91 Å². The Bertz CT molecular complexity index is 959. The van der Waals surface area contributed by atoms with E-state index >= 15 is 0 Å². The van der Waals surface area contributed by atoms with E-state index in [1.807, 2.05) is 0 Å². The van der Waals surface area contributed by atoms with Crippen molar-refractivity contribution in [1.29, 1.82) is 0 Å². The molecule has 2 N–H and O–H groups in total. The van der Waals surface area contributed by atoms with Gasteiger partial charge in [-0.3, -0.25) is 9.20 Å². The summed E-state index contributed by atoms with van der Waals surface area (Å²) in [4.78, 5) is 15.7. The topological polar surface area (TPSA) is 84.5 Å². The second-order valence-electron chi connectivity index (χ2n) is 6.81. The van der Waals surface area contributed by atoms with E-state index in [1.54, 1.807) is 12.1 Å². The number of anilines is 1. The Morgan fingerprint density at radius 1 is 1.14 bits per heavy atom. The zero-order valence-corrected chi connectivity index (χ0v) is 14.7. The molecule has 0 unspecified atom stereocenters. The van der Waals surface area contributed by atoms with Crippen LogP contribution in [0.15, 0.2) is 41.2 Å². The minimum atomic E-state index is -4.48. The molecule has 1 saturated carbocycles. The number of nitrogens with one attached hydrogen (secondary N) is 2. The molecule has 10 heteroatoms. The van der Waals surface area contributed by atoms with E-state index in [4.69, 9.17) is 4.52 Å². The number of aromatic nitrogens is 3. The minimum Gasteiger partial charge on any atom is -0.368 e. The quantitative estimate of drug-likeness (QED) is 0.709. The van der Waals surface area contributed by atoms with Crippen LogP contribution in [0.2, 0.25) is 0 Å². The molecule has 0 saturated heterocycles. The van der Waals surface area contributed by atoms with Gasteiger partial charge in [0.05, 0.1) is 6.20 Å². The van der Waals surface area contributed by atoms with Gasteiger partial charge < -0.3 is 15.2 Å². The molecule has 1 amide bonds. The molecule has 3 aromatic rings. The first kappa shape index (κ1) is 18.3. The Hall–Kier alpha value is -3.04. The lowest BCUT2D eigenvalue weighted by Crippen LogP contribution is -2.40. The fourth-order valence-electron chi connectivity index (χ4n) is 3.45. The van der Waals surface area contributed by atoms with Gasteiger partial charge in [0, 0.05) is 24.3 Å². The summed E-state index contributed by atoms with van der Waals surface area (Å²) < 4.78 is 45.0. The number of imidazole rings is 1. The van der Waals surface area contributed by atoms with Gasteiger partial charge in [-0.05, 0) is 37.8 Å². The number of hydrogen-bond donors (Lipinski definition) is 2. The summed E-state index contributed by atoms with van der Waals surface area (Å²) >= 11 is 0. The third kappa shape index (κ3) is 3.80. The highest BCUT2D eigenvalue weighted by atomic mass is 19.4. The van der Waals surface area contributed by atoms with E-state index in [0.717, 1.165) is 31.9 Å².